The molecule has 2 N–H and O–H groups in total. The molecule has 1 aliphatic rings. The Hall–Kier alpha value is -2.46. The number of aromatic carboxylic acids is 1. The largest absolute Gasteiger partial charge is 0.478 e. The Morgan fingerprint density at radius 1 is 1.29 bits per heavy atom. The average molecular weight is 354 g/mol. The molecule has 1 aliphatic carbocycles. The average Bonchev–Trinajstić information content (AvgIpc) is 3.27. The van der Waals surface area contributed by atoms with Crippen molar-refractivity contribution in [1.82, 2.24) is 4.98 Å². The summed E-state index contributed by atoms with van der Waals surface area (Å²) < 4.78 is 69.9. The van der Waals surface area contributed by atoms with Crippen LogP contribution in [0.2, 0.25) is 0 Å². The molecule has 132 valence electrons. The highest BCUT2D eigenvalue weighted by Gasteiger charge is 2.43. The number of pyridine rings is 1. The number of carboxylic acid groups (broad SMARTS) is 1. The Morgan fingerprint density at radius 3 is 2.25 bits per heavy atom. The lowest BCUT2D eigenvalue weighted by Gasteiger charge is -2.20. The molecular formula is C13H11F5N2O4. The van der Waals surface area contributed by atoms with E-state index in [1.807, 2.05) is 0 Å². The lowest BCUT2D eigenvalue weighted by Crippen LogP contribution is -2.24. The number of rotatable bonds is 5. The third-order valence-electron chi connectivity index (χ3n) is 3.23. The number of esters is 1. The van der Waals surface area contributed by atoms with Gasteiger partial charge < -0.3 is 15.2 Å². The summed E-state index contributed by atoms with van der Waals surface area (Å²) >= 11 is 0. The van der Waals surface area contributed by atoms with Gasteiger partial charge in [0.15, 0.2) is 5.69 Å². The number of ether oxygens (including phenoxy) is 1. The predicted molar refractivity (Wildman–Crippen MR) is 69.1 cm³/mol. The van der Waals surface area contributed by atoms with Crippen LogP contribution in [0.4, 0.5) is 27.6 Å². The minimum absolute atomic E-state index is 0.416. The first-order valence-electron chi connectivity index (χ1n) is 6.59. The molecule has 0 bridgehead atoms. The second-order valence-corrected chi connectivity index (χ2v) is 4.98. The van der Waals surface area contributed by atoms with Gasteiger partial charge in [-0.2, -0.15) is 13.2 Å². The molecule has 0 atom stereocenters. The molecule has 0 spiro atoms. The second kappa shape index (κ2) is 6.21. The van der Waals surface area contributed by atoms with Crippen molar-refractivity contribution in [1.29, 1.82) is 0 Å². The fraction of sp³-hybridized carbons (Fsp3) is 0.462. The summed E-state index contributed by atoms with van der Waals surface area (Å²) in [6.45, 7) is 0. The Morgan fingerprint density at radius 2 is 1.88 bits per heavy atom. The monoisotopic (exact) mass is 354 g/mol. The first kappa shape index (κ1) is 17.9. The number of hydrogen-bond donors (Lipinski definition) is 2. The quantitative estimate of drug-likeness (QED) is 0.624. The topological polar surface area (TPSA) is 88.5 Å². The molecule has 1 fully saturated rings. The number of alkyl halides is 5. The van der Waals surface area contributed by atoms with Crippen LogP contribution in [0.1, 0.15) is 51.4 Å². The molecular weight excluding hydrogens is 343 g/mol. The maximum atomic E-state index is 13.2. The lowest BCUT2D eigenvalue weighted by molar-refractivity contribution is -0.142. The van der Waals surface area contributed by atoms with Crippen molar-refractivity contribution in [3.63, 3.8) is 0 Å². The third-order valence-corrected chi connectivity index (χ3v) is 3.23. The number of carbonyl (C=O) groups is 2. The number of methoxy groups -OCH3 is 1. The molecule has 6 nitrogen and oxygen atoms in total. The molecule has 1 heterocycles. The highest BCUT2D eigenvalue weighted by molar-refractivity contribution is 6.05. The minimum atomic E-state index is -5.26. The Balaban J connectivity index is 2.88. The van der Waals surface area contributed by atoms with E-state index in [2.05, 4.69) is 15.0 Å². The first-order valence-corrected chi connectivity index (χ1v) is 6.59. The maximum Gasteiger partial charge on any atom is 0.434 e. The van der Waals surface area contributed by atoms with E-state index in [1.165, 1.54) is 0 Å². The second-order valence-electron chi connectivity index (χ2n) is 4.98. The van der Waals surface area contributed by atoms with Crippen molar-refractivity contribution in [3.8, 4) is 0 Å². The van der Waals surface area contributed by atoms with Crippen molar-refractivity contribution >= 4 is 17.6 Å². The van der Waals surface area contributed by atoms with Crippen LogP contribution in [0, 0.1) is 0 Å². The van der Waals surface area contributed by atoms with Crippen LogP contribution in [-0.4, -0.2) is 35.2 Å². The van der Waals surface area contributed by atoms with E-state index in [0.29, 0.717) is 12.8 Å². The number of carbonyl (C=O) groups excluding carboxylic acids is 1. The molecule has 1 saturated carbocycles. The van der Waals surface area contributed by atoms with E-state index in [4.69, 9.17) is 5.11 Å². The molecule has 0 unspecified atom stereocenters. The summed E-state index contributed by atoms with van der Waals surface area (Å²) in [5.41, 5.74) is -6.73. The van der Waals surface area contributed by atoms with Gasteiger partial charge in [0.25, 0.3) is 6.43 Å². The van der Waals surface area contributed by atoms with Crippen LogP contribution >= 0.6 is 0 Å². The van der Waals surface area contributed by atoms with Crippen molar-refractivity contribution in [3.05, 3.63) is 22.5 Å². The van der Waals surface area contributed by atoms with Gasteiger partial charge in [-0.05, 0) is 12.8 Å². The number of anilines is 1. The van der Waals surface area contributed by atoms with Crippen LogP contribution in [0.3, 0.4) is 0 Å². The highest BCUT2D eigenvalue weighted by Crippen LogP contribution is 2.40. The zero-order valence-electron chi connectivity index (χ0n) is 12.1. The standard InChI is InChI=1S/C13H11F5N2O4/c1-24-12(23)6-7(19-4-2-3-4)5(11(21)22)8(10(14)15)20-9(6)13(16,17)18/h4,10H,2-3H2,1H3,(H,19,20)(H,21,22). The Kier molecular flexibility index (Phi) is 4.63. The fourth-order valence-electron chi connectivity index (χ4n) is 2.06. The molecule has 0 saturated heterocycles. The summed E-state index contributed by atoms with van der Waals surface area (Å²) in [5.74, 6) is -3.46. The van der Waals surface area contributed by atoms with E-state index in [9.17, 15) is 31.5 Å². The molecule has 24 heavy (non-hydrogen) atoms. The normalized spacial score (nSPS) is 14.6. The minimum Gasteiger partial charge on any atom is -0.478 e. The predicted octanol–water partition coefficient (Wildman–Crippen LogP) is 3.10. The summed E-state index contributed by atoms with van der Waals surface area (Å²) in [5, 5.41) is 11.6. The van der Waals surface area contributed by atoms with Gasteiger partial charge in [-0.15, -0.1) is 0 Å². The maximum absolute atomic E-state index is 13.2. The van der Waals surface area contributed by atoms with Gasteiger partial charge in [0.2, 0.25) is 0 Å². The number of halogens is 5. The van der Waals surface area contributed by atoms with Crippen LogP contribution in [0.5, 0.6) is 0 Å². The van der Waals surface area contributed by atoms with E-state index < -0.39 is 58.8 Å². The van der Waals surface area contributed by atoms with Crippen LogP contribution in [0.25, 0.3) is 0 Å². The van der Waals surface area contributed by atoms with Crippen LogP contribution in [-0.2, 0) is 10.9 Å². The van der Waals surface area contributed by atoms with E-state index in [1.54, 1.807) is 0 Å². The summed E-state index contributed by atoms with van der Waals surface area (Å²) in [4.78, 5) is 25.8. The molecule has 2 rings (SSSR count). The van der Waals surface area contributed by atoms with Crippen molar-refractivity contribution in [2.24, 2.45) is 0 Å². The third kappa shape index (κ3) is 3.39. The highest BCUT2D eigenvalue weighted by atomic mass is 19.4. The molecule has 1 aromatic heterocycles. The Bertz CT molecular complexity index is 686. The van der Waals surface area contributed by atoms with Crippen molar-refractivity contribution in [2.75, 3.05) is 12.4 Å². The van der Waals surface area contributed by atoms with Gasteiger partial charge in [-0.25, -0.2) is 23.4 Å². The van der Waals surface area contributed by atoms with E-state index in [0.717, 1.165) is 7.11 Å². The lowest BCUT2D eigenvalue weighted by atomic mass is 10.0. The van der Waals surface area contributed by atoms with Gasteiger partial charge >= 0.3 is 18.1 Å². The number of hydrogen-bond acceptors (Lipinski definition) is 5. The van der Waals surface area contributed by atoms with Gasteiger partial charge in [0.05, 0.1) is 12.8 Å². The SMILES string of the molecule is COC(=O)c1c(C(F)(F)F)nc(C(F)F)c(C(=O)O)c1NC1CC1. The van der Waals surface area contributed by atoms with E-state index >= 15 is 0 Å². The van der Waals surface area contributed by atoms with Crippen molar-refractivity contribution < 1.29 is 41.4 Å². The molecule has 1 aromatic rings. The summed E-state index contributed by atoms with van der Waals surface area (Å²) in [7, 11) is 0.783. The summed E-state index contributed by atoms with van der Waals surface area (Å²) in [6.07, 6.45) is -7.85. The molecule has 0 aromatic carbocycles. The van der Waals surface area contributed by atoms with Gasteiger partial charge in [0.1, 0.15) is 16.8 Å². The zero-order chi connectivity index (χ0) is 18.2. The van der Waals surface area contributed by atoms with Crippen molar-refractivity contribution in [2.45, 2.75) is 31.5 Å². The molecule has 11 heteroatoms. The molecule has 0 radical (unpaired) electrons. The number of aromatic nitrogens is 1. The molecule has 0 aliphatic heterocycles. The summed E-state index contributed by atoms with van der Waals surface area (Å²) in [6, 6.07) is -0.416. The molecule has 0 amide bonds. The van der Waals surface area contributed by atoms with Crippen LogP contribution < -0.4 is 5.32 Å². The fourth-order valence-corrected chi connectivity index (χ4v) is 2.06. The number of carboxylic acids is 1. The first-order chi connectivity index (χ1) is 11.1. The van der Waals surface area contributed by atoms with Gasteiger partial charge in [-0.3, -0.25) is 0 Å². The number of nitrogens with one attached hydrogen (secondary N) is 1. The zero-order valence-corrected chi connectivity index (χ0v) is 12.1. The van der Waals surface area contributed by atoms with E-state index in [-0.39, 0.29) is 0 Å². The van der Waals surface area contributed by atoms with Crippen LogP contribution in [0.15, 0.2) is 0 Å². The Labute approximate surface area is 131 Å². The number of nitrogens with zero attached hydrogens (tertiary/aromatic N) is 1. The van der Waals surface area contributed by atoms with Gasteiger partial charge in [-0.1, -0.05) is 0 Å². The van der Waals surface area contributed by atoms with Gasteiger partial charge in [0, 0.05) is 6.04 Å². The smallest absolute Gasteiger partial charge is 0.434 e.